The first-order valence-electron chi connectivity index (χ1n) is 9.58. The zero-order valence-corrected chi connectivity index (χ0v) is 17.4. The van der Waals surface area contributed by atoms with Crippen LogP contribution in [0, 0.1) is 6.92 Å². The predicted octanol–water partition coefficient (Wildman–Crippen LogP) is 4.87. The largest absolute Gasteiger partial charge is 0.417 e. The molecule has 2 heterocycles. The molecule has 0 N–H and O–H groups in total. The van der Waals surface area contributed by atoms with Crippen molar-refractivity contribution in [2.24, 2.45) is 0 Å². The van der Waals surface area contributed by atoms with Gasteiger partial charge in [-0.2, -0.15) is 4.73 Å². The number of para-hydroxylation sites is 1. The lowest BCUT2D eigenvalue weighted by molar-refractivity contribution is 0.183. The molecule has 0 aliphatic heterocycles. The quantitative estimate of drug-likeness (QED) is 0.420. The topological polar surface area (TPSA) is 53.2 Å². The molecule has 150 valence electrons. The van der Waals surface area contributed by atoms with Crippen LogP contribution in [-0.4, -0.2) is 24.2 Å². The third kappa shape index (κ3) is 2.72. The molecular formula is C24H20N2O3S. The Kier molecular flexibility index (Phi) is 4.18. The van der Waals surface area contributed by atoms with Gasteiger partial charge in [0.2, 0.25) is 0 Å². The van der Waals surface area contributed by atoms with E-state index >= 15 is 0 Å². The van der Waals surface area contributed by atoms with Crippen molar-refractivity contribution >= 4 is 31.8 Å². The molecule has 0 amide bonds. The molecule has 0 unspecified atom stereocenters. The van der Waals surface area contributed by atoms with Gasteiger partial charge in [0, 0.05) is 22.5 Å². The van der Waals surface area contributed by atoms with Gasteiger partial charge in [0.25, 0.3) is 10.0 Å². The van der Waals surface area contributed by atoms with Gasteiger partial charge in [0.05, 0.1) is 21.6 Å². The van der Waals surface area contributed by atoms with E-state index in [2.05, 4.69) is 6.07 Å². The second kappa shape index (κ2) is 6.78. The number of nitrogens with zero attached hydrogens (tertiary/aromatic N) is 2. The fraction of sp³-hybridized carbons (Fsp3) is 0.0833. The van der Waals surface area contributed by atoms with E-state index in [0.29, 0.717) is 5.52 Å². The van der Waals surface area contributed by atoms with Crippen molar-refractivity contribution in [3.05, 3.63) is 90.6 Å². The summed E-state index contributed by atoms with van der Waals surface area (Å²) in [6.07, 6.45) is 1.61. The Labute approximate surface area is 174 Å². The van der Waals surface area contributed by atoms with E-state index in [9.17, 15) is 8.42 Å². The lowest BCUT2D eigenvalue weighted by Gasteiger charge is -2.11. The number of fused-ring (bicyclic) bond motifs is 2. The summed E-state index contributed by atoms with van der Waals surface area (Å²) < 4.78 is 29.6. The van der Waals surface area contributed by atoms with Gasteiger partial charge in [0.1, 0.15) is 7.11 Å². The van der Waals surface area contributed by atoms with Gasteiger partial charge in [-0.3, -0.25) is 0 Å². The number of hydrogen-bond acceptors (Lipinski definition) is 3. The molecule has 0 aliphatic carbocycles. The molecule has 6 heteroatoms. The average molecular weight is 417 g/mol. The second-order valence-electron chi connectivity index (χ2n) is 7.23. The standard InChI is InChI=1S/C24H20N2O3S/c1-17-10-12-19(13-11-17)30(27,28)25-15-14-21-20(7-5-9-23(21)25)24-16-18-6-3-4-8-22(18)26(24)29-2/h3-16H,1-2H3. The van der Waals surface area contributed by atoms with Crippen LogP contribution in [0.5, 0.6) is 0 Å². The summed E-state index contributed by atoms with van der Waals surface area (Å²) in [5, 5.41) is 1.90. The lowest BCUT2D eigenvalue weighted by atomic mass is 10.1. The predicted molar refractivity (Wildman–Crippen MR) is 119 cm³/mol. The molecule has 30 heavy (non-hydrogen) atoms. The van der Waals surface area contributed by atoms with E-state index in [-0.39, 0.29) is 4.90 Å². The van der Waals surface area contributed by atoms with Crippen molar-refractivity contribution in [3.8, 4) is 11.3 Å². The molecule has 0 aliphatic rings. The molecule has 0 bridgehead atoms. The molecule has 5 rings (SSSR count). The van der Waals surface area contributed by atoms with Gasteiger partial charge in [-0.25, -0.2) is 12.4 Å². The van der Waals surface area contributed by atoms with Crippen molar-refractivity contribution in [2.75, 3.05) is 7.11 Å². The summed E-state index contributed by atoms with van der Waals surface area (Å²) in [6, 6.07) is 24.4. The summed E-state index contributed by atoms with van der Waals surface area (Å²) in [5.41, 5.74) is 4.37. The molecule has 0 radical (unpaired) electrons. The van der Waals surface area contributed by atoms with Crippen molar-refractivity contribution in [1.82, 2.24) is 8.70 Å². The minimum Gasteiger partial charge on any atom is -0.417 e. The smallest absolute Gasteiger partial charge is 0.268 e. The molecule has 0 spiro atoms. The van der Waals surface area contributed by atoms with Gasteiger partial charge < -0.3 is 4.84 Å². The second-order valence-corrected chi connectivity index (χ2v) is 9.05. The van der Waals surface area contributed by atoms with Gasteiger partial charge in [-0.05, 0) is 43.3 Å². The summed E-state index contributed by atoms with van der Waals surface area (Å²) >= 11 is 0. The first-order valence-corrected chi connectivity index (χ1v) is 11.0. The summed E-state index contributed by atoms with van der Waals surface area (Å²) in [6.45, 7) is 1.93. The van der Waals surface area contributed by atoms with Crippen LogP contribution in [0.2, 0.25) is 0 Å². The van der Waals surface area contributed by atoms with E-state index in [1.54, 1.807) is 42.3 Å². The van der Waals surface area contributed by atoms with Gasteiger partial charge in [-0.1, -0.05) is 48.0 Å². The van der Waals surface area contributed by atoms with Crippen LogP contribution in [0.25, 0.3) is 33.1 Å². The highest BCUT2D eigenvalue weighted by Crippen LogP contribution is 2.34. The normalized spacial score (nSPS) is 11.9. The number of benzene rings is 3. The van der Waals surface area contributed by atoms with Crippen LogP contribution >= 0.6 is 0 Å². The number of rotatable bonds is 4. The minimum absolute atomic E-state index is 0.266. The Bertz CT molecular complexity index is 1490. The lowest BCUT2D eigenvalue weighted by Crippen LogP contribution is -2.11. The maximum absolute atomic E-state index is 13.3. The molecule has 0 saturated carbocycles. The highest BCUT2D eigenvalue weighted by Gasteiger charge is 2.21. The zero-order valence-electron chi connectivity index (χ0n) is 16.6. The van der Waals surface area contributed by atoms with Gasteiger partial charge in [-0.15, -0.1) is 0 Å². The first kappa shape index (κ1) is 18.5. The van der Waals surface area contributed by atoms with Crippen LogP contribution < -0.4 is 4.84 Å². The Morgan fingerprint density at radius 3 is 2.33 bits per heavy atom. The highest BCUT2D eigenvalue weighted by atomic mass is 32.2. The number of aryl methyl sites for hydroxylation is 1. The van der Waals surface area contributed by atoms with Crippen molar-refractivity contribution in [2.45, 2.75) is 11.8 Å². The van der Waals surface area contributed by atoms with Crippen LogP contribution in [0.4, 0.5) is 0 Å². The van der Waals surface area contributed by atoms with Crippen molar-refractivity contribution in [1.29, 1.82) is 0 Å². The van der Waals surface area contributed by atoms with Gasteiger partial charge in [0.15, 0.2) is 0 Å². The van der Waals surface area contributed by atoms with Crippen molar-refractivity contribution in [3.63, 3.8) is 0 Å². The SMILES string of the molecule is COn1c(-c2cccc3c2ccn3S(=O)(=O)c2ccc(C)cc2)cc2ccccc21. The van der Waals surface area contributed by atoms with E-state index in [1.807, 2.05) is 55.5 Å². The Hall–Kier alpha value is -3.51. The minimum atomic E-state index is -3.70. The zero-order chi connectivity index (χ0) is 20.9. The third-order valence-electron chi connectivity index (χ3n) is 5.40. The van der Waals surface area contributed by atoms with Gasteiger partial charge >= 0.3 is 0 Å². The third-order valence-corrected chi connectivity index (χ3v) is 7.10. The van der Waals surface area contributed by atoms with Crippen molar-refractivity contribution < 1.29 is 13.3 Å². The van der Waals surface area contributed by atoms with E-state index < -0.39 is 10.0 Å². The van der Waals surface area contributed by atoms with Crippen LogP contribution in [0.1, 0.15) is 5.56 Å². The molecule has 5 aromatic rings. The molecule has 5 nitrogen and oxygen atoms in total. The molecule has 0 saturated heterocycles. The maximum Gasteiger partial charge on any atom is 0.268 e. The maximum atomic E-state index is 13.3. The Balaban J connectivity index is 1.73. The first-order chi connectivity index (χ1) is 14.5. The molecule has 0 fully saturated rings. The molecule has 2 aromatic heterocycles. The highest BCUT2D eigenvalue weighted by molar-refractivity contribution is 7.90. The van der Waals surface area contributed by atoms with E-state index in [0.717, 1.165) is 33.1 Å². The summed E-state index contributed by atoms with van der Waals surface area (Å²) in [4.78, 5) is 5.91. The van der Waals surface area contributed by atoms with Crippen LogP contribution in [0.15, 0.2) is 90.0 Å². The van der Waals surface area contributed by atoms with Crippen LogP contribution in [0.3, 0.4) is 0 Å². The Morgan fingerprint density at radius 2 is 1.57 bits per heavy atom. The Morgan fingerprint density at radius 1 is 0.833 bits per heavy atom. The van der Waals surface area contributed by atoms with E-state index in [4.69, 9.17) is 4.84 Å². The average Bonchev–Trinajstić information content (AvgIpc) is 3.35. The van der Waals surface area contributed by atoms with E-state index in [1.165, 1.54) is 3.97 Å². The molecular weight excluding hydrogens is 396 g/mol. The fourth-order valence-corrected chi connectivity index (χ4v) is 5.26. The molecule has 0 atom stereocenters. The number of aromatic nitrogens is 2. The molecule has 3 aromatic carbocycles. The summed E-state index contributed by atoms with van der Waals surface area (Å²) in [7, 11) is -2.07. The fourth-order valence-electron chi connectivity index (χ4n) is 3.91. The van der Waals surface area contributed by atoms with Crippen LogP contribution in [-0.2, 0) is 10.0 Å². The monoisotopic (exact) mass is 416 g/mol. The number of hydrogen-bond donors (Lipinski definition) is 0. The summed E-state index contributed by atoms with van der Waals surface area (Å²) in [5.74, 6) is 0.